The van der Waals surface area contributed by atoms with Crippen LogP contribution in [-0.2, 0) is 0 Å². The number of halogens is 3. The first-order chi connectivity index (χ1) is 8.58. The lowest BCUT2D eigenvalue weighted by atomic mass is 10.1. The minimum Gasteiger partial charge on any atom is -0.349 e. The van der Waals surface area contributed by atoms with Crippen LogP contribution >= 0.6 is 22.6 Å². The van der Waals surface area contributed by atoms with Crippen molar-refractivity contribution in [3.05, 3.63) is 32.9 Å². The van der Waals surface area contributed by atoms with Gasteiger partial charge in [-0.15, -0.1) is 0 Å². The van der Waals surface area contributed by atoms with Crippen molar-refractivity contribution in [2.24, 2.45) is 0 Å². The van der Waals surface area contributed by atoms with Crippen molar-refractivity contribution < 1.29 is 13.6 Å². The second-order valence-corrected chi connectivity index (χ2v) is 5.41. The summed E-state index contributed by atoms with van der Waals surface area (Å²) in [5.74, 6) is -2.27. The Balaban J connectivity index is 2.10. The van der Waals surface area contributed by atoms with E-state index in [0.717, 1.165) is 38.1 Å². The molecule has 0 radical (unpaired) electrons. The van der Waals surface area contributed by atoms with Crippen LogP contribution in [0.15, 0.2) is 12.1 Å². The summed E-state index contributed by atoms with van der Waals surface area (Å²) in [6, 6.07) is 2.09. The maximum Gasteiger partial charge on any atom is 0.252 e. The van der Waals surface area contributed by atoms with Crippen molar-refractivity contribution in [2.75, 3.05) is 13.1 Å². The highest BCUT2D eigenvalue weighted by molar-refractivity contribution is 14.1. The largest absolute Gasteiger partial charge is 0.349 e. The lowest BCUT2D eigenvalue weighted by Crippen LogP contribution is -2.42. The number of piperidine rings is 1. The summed E-state index contributed by atoms with van der Waals surface area (Å²) < 4.78 is 26.5. The Labute approximate surface area is 117 Å². The van der Waals surface area contributed by atoms with Crippen LogP contribution in [0.4, 0.5) is 8.78 Å². The van der Waals surface area contributed by atoms with E-state index in [2.05, 4.69) is 10.6 Å². The van der Waals surface area contributed by atoms with Crippen molar-refractivity contribution in [2.45, 2.75) is 18.9 Å². The van der Waals surface area contributed by atoms with Gasteiger partial charge in [0.1, 0.15) is 0 Å². The molecule has 98 valence electrons. The number of hydrogen-bond donors (Lipinski definition) is 2. The van der Waals surface area contributed by atoms with Gasteiger partial charge in [0.2, 0.25) is 0 Å². The standard InChI is InChI=1S/C12H13F2IN2O/c13-9-5-8(11(15)6-10(9)14)12(18)17-7-1-3-16-4-2-7/h5-7,16H,1-4H2,(H,17,18). The van der Waals surface area contributed by atoms with E-state index in [-0.39, 0.29) is 17.5 Å². The van der Waals surface area contributed by atoms with Crippen LogP contribution in [0.1, 0.15) is 23.2 Å². The first-order valence-corrected chi connectivity index (χ1v) is 6.82. The van der Waals surface area contributed by atoms with E-state index in [1.54, 1.807) is 0 Å². The van der Waals surface area contributed by atoms with Crippen molar-refractivity contribution in [3.8, 4) is 0 Å². The molecule has 2 N–H and O–H groups in total. The first kappa shape index (κ1) is 13.7. The number of nitrogens with one attached hydrogen (secondary N) is 2. The smallest absolute Gasteiger partial charge is 0.252 e. The molecule has 1 saturated heterocycles. The fraction of sp³-hybridized carbons (Fsp3) is 0.417. The summed E-state index contributed by atoms with van der Waals surface area (Å²) in [6.45, 7) is 1.72. The Morgan fingerprint density at radius 2 is 1.89 bits per heavy atom. The lowest BCUT2D eigenvalue weighted by molar-refractivity contribution is 0.0928. The summed E-state index contributed by atoms with van der Waals surface area (Å²) in [5, 5.41) is 6.04. The van der Waals surface area contributed by atoms with Gasteiger partial charge < -0.3 is 10.6 Å². The molecule has 0 bridgehead atoms. The summed E-state index contributed by atoms with van der Waals surface area (Å²) in [4.78, 5) is 12.0. The van der Waals surface area contributed by atoms with Crippen LogP contribution in [0.3, 0.4) is 0 Å². The van der Waals surface area contributed by atoms with E-state index in [1.165, 1.54) is 0 Å². The van der Waals surface area contributed by atoms with E-state index in [1.807, 2.05) is 22.6 Å². The first-order valence-electron chi connectivity index (χ1n) is 5.74. The second kappa shape index (κ2) is 5.92. The molecule has 0 spiro atoms. The zero-order chi connectivity index (χ0) is 13.1. The van der Waals surface area contributed by atoms with Crippen LogP contribution in [-0.4, -0.2) is 25.0 Å². The highest BCUT2D eigenvalue weighted by atomic mass is 127. The number of carbonyl (C=O) groups is 1. The van der Waals surface area contributed by atoms with E-state index < -0.39 is 11.6 Å². The summed E-state index contributed by atoms with van der Waals surface area (Å²) >= 11 is 1.83. The molecule has 0 atom stereocenters. The zero-order valence-corrected chi connectivity index (χ0v) is 11.8. The number of rotatable bonds is 2. The Bertz CT molecular complexity index is 462. The van der Waals surface area contributed by atoms with Crippen LogP contribution in [0, 0.1) is 15.2 Å². The Morgan fingerprint density at radius 1 is 1.28 bits per heavy atom. The minimum absolute atomic E-state index is 0.0997. The average molecular weight is 366 g/mol. The van der Waals surface area contributed by atoms with E-state index in [0.29, 0.717) is 3.57 Å². The predicted molar refractivity (Wildman–Crippen MR) is 72.4 cm³/mol. The van der Waals surface area contributed by atoms with Crippen LogP contribution in [0.5, 0.6) is 0 Å². The molecule has 1 heterocycles. The summed E-state index contributed by atoms with van der Waals surface area (Å²) in [6.07, 6.45) is 1.71. The van der Waals surface area contributed by atoms with E-state index in [4.69, 9.17) is 0 Å². The highest BCUT2D eigenvalue weighted by Crippen LogP contribution is 2.17. The third kappa shape index (κ3) is 3.17. The molecule has 2 rings (SSSR count). The Hall–Kier alpha value is -0.760. The third-order valence-electron chi connectivity index (χ3n) is 2.93. The lowest BCUT2D eigenvalue weighted by Gasteiger charge is -2.23. The monoisotopic (exact) mass is 366 g/mol. The van der Waals surface area contributed by atoms with Gasteiger partial charge in [-0.2, -0.15) is 0 Å². The fourth-order valence-electron chi connectivity index (χ4n) is 1.93. The summed E-state index contributed by atoms with van der Waals surface area (Å²) in [5.41, 5.74) is 0.188. The van der Waals surface area contributed by atoms with E-state index >= 15 is 0 Å². The third-order valence-corrected chi connectivity index (χ3v) is 3.82. The van der Waals surface area contributed by atoms with Crippen LogP contribution in [0.2, 0.25) is 0 Å². The molecule has 0 unspecified atom stereocenters. The number of carbonyl (C=O) groups excluding carboxylic acids is 1. The van der Waals surface area contributed by atoms with Gasteiger partial charge in [0.15, 0.2) is 11.6 Å². The molecule has 3 nitrogen and oxygen atoms in total. The molecule has 0 saturated carbocycles. The molecular weight excluding hydrogens is 353 g/mol. The van der Waals surface area contributed by atoms with Crippen molar-refractivity contribution in [3.63, 3.8) is 0 Å². The van der Waals surface area contributed by atoms with Gasteiger partial charge in [-0.3, -0.25) is 4.79 Å². The Morgan fingerprint density at radius 3 is 2.56 bits per heavy atom. The van der Waals surface area contributed by atoms with Crippen LogP contribution < -0.4 is 10.6 Å². The maximum absolute atomic E-state index is 13.1. The van der Waals surface area contributed by atoms with Gasteiger partial charge in [0.25, 0.3) is 5.91 Å². The molecule has 1 aromatic rings. The summed E-state index contributed by atoms with van der Waals surface area (Å²) in [7, 11) is 0. The molecule has 0 aromatic heterocycles. The minimum atomic E-state index is -0.995. The van der Waals surface area contributed by atoms with Gasteiger partial charge in [-0.05, 0) is 60.7 Å². The molecule has 6 heteroatoms. The zero-order valence-electron chi connectivity index (χ0n) is 9.60. The Kier molecular flexibility index (Phi) is 4.50. The molecule has 1 fully saturated rings. The van der Waals surface area contributed by atoms with E-state index in [9.17, 15) is 13.6 Å². The van der Waals surface area contributed by atoms with Gasteiger partial charge >= 0.3 is 0 Å². The van der Waals surface area contributed by atoms with Gasteiger partial charge in [0.05, 0.1) is 5.56 Å². The van der Waals surface area contributed by atoms with Gasteiger partial charge in [0, 0.05) is 9.61 Å². The fourth-order valence-corrected chi connectivity index (χ4v) is 2.60. The quantitative estimate of drug-likeness (QED) is 0.622. The molecule has 1 aliphatic rings. The normalized spacial score (nSPS) is 16.6. The number of benzene rings is 1. The number of amides is 1. The van der Waals surface area contributed by atoms with Crippen molar-refractivity contribution in [1.29, 1.82) is 0 Å². The van der Waals surface area contributed by atoms with Crippen LogP contribution in [0.25, 0.3) is 0 Å². The van der Waals surface area contributed by atoms with Crippen molar-refractivity contribution in [1.82, 2.24) is 10.6 Å². The molecule has 18 heavy (non-hydrogen) atoms. The maximum atomic E-state index is 13.1. The molecule has 1 aliphatic heterocycles. The topological polar surface area (TPSA) is 41.1 Å². The van der Waals surface area contributed by atoms with Gasteiger partial charge in [-0.1, -0.05) is 0 Å². The SMILES string of the molecule is O=C(NC1CCNCC1)c1cc(F)c(F)cc1I. The molecule has 1 amide bonds. The molecule has 1 aromatic carbocycles. The predicted octanol–water partition coefficient (Wildman–Crippen LogP) is 2.05. The van der Waals surface area contributed by atoms with Gasteiger partial charge in [-0.25, -0.2) is 8.78 Å². The molecular formula is C12H13F2IN2O. The average Bonchev–Trinajstić information content (AvgIpc) is 2.35. The highest BCUT2D eigenvalue weighted by Gasteiger charge is 2.19. The second-order valence-electron chi connectivity index (χ2n) is 4.24. The number of hydrogen-bond acceptors (Lipinski definition) is 2. The van der Waals surface area contributed by atoms with Crippen molar-refractivity contribution >= 4 is 28.5 Å². The molecule has 0 aliphatic carbocycles.